The van der Waals surface area contributed by atoms with E-state index < -0.39 is 60.1 Å². The van der Waals surface area contributed by atoms with Gasteiger partial charge in [0, 0.05) is 23.5 Å². The number of aliphatic hydroxyl groups is 2. The van der Waals surface area contributed by atoms with Gasteiger partial charge in [-0.1, -0.05) is 18.2 Å². The number of amides is 3. The summed E-state index contributed by atoms with van der Waals surface area (Å²) >= 11 is 1.42. The lowest BCUT2D eigenvalue weighted by Crippen LogP contribution is -2.59. The number of aliphatic hydroxyl groups excluding tert-OH is 2. The Hall–Kier alpha value is -3.13. The van der Waals surface area contributed by atoms with Crippen LogP contribution in [0.25, 0.3) is 10.9 Å². The van der Waals surface area contributed by atoms with E-state index in [0.717, 1.165) is 16.5 Å². The Morgan fingerprint density at radius 1 is 0.973 bits per heavy atom. The predicted octanol–water partition coefficient (Wildman–Crippen LogP) is -0.909. The molecular formula is C24H35N5O7S. The number of aliphatic carboxylic acids is 1. The molecule has 0 radical (unpaired) electrons. The summed E-state index contributed by atoms with van der Waals surface area (Å²) in [5.41, 5.74) is 7.31. The minimum atomic E-state index is -1.56. The zero-order chi connectivity index (χ0) is 27.7. The summed E-state index contributed by atoms with van der Waals surface area (Å²) in [7, 11) is 0. The van der Waals surface area contributed by atoms with Gasteiger partial charge in [-0.05, 0) is 43.9 Å². The third kappa shape index (κ3) is 8.45. The minimum Gasteiger partial charge on any atom is -0.480 e. The number of aromatic nitrogens is 1. The molecule has 12 nitrogen and oxygen atoms in total. The van der Waals surface area contributed by atoms with Crippen molar-refractivity contribution in [1.82, 2.24) is 20.9 Å². The van der Waals surface area contributed by atoms with E-state index in [4.69, 9.17) is 5.73 Å². The maximum Gasteiger partial charge on any atom is 0.328 e. The minimum absolute atomic E-state index is 0.0520. The van der Waals surface area contributed by atoms with Gasteiger partial charge in [-0.25, -0.2) is 4.79 Å². The summed E-state index contributed by atoms with van der Waals surface area (Å²) in [6.45, 7) is 2.58. The van der Waals surface area contributed by atoms with E-state index in [1.54, 1.807) is 6.20 Å². The van der Waals surface area contributed by atoms with E-state index in [1.165, 1.54) is 25.6 Å². The molecule has 0 bridgehead atoms. The van der Waals surface area contributed by atoms with E-state index in [0.29, 0.717) is 5.75 Å². The molecule has 0 aliphatic carbocycles. The SMILES string of the molecule is CSCCC(NC(=O)C(Cc1c[nH]c2ccccc12)NC(=O)C(N)C(C)O)C(=O)NC(C(=O)O)C(C)O. The lowest BCUT2D eigenvalue weighted by molar-refractivity contribution is -0.145. The summed E-state index contributed by atoms with van der Waals surface area (Å²) in [5.74, 6) is -3.18. The normalized spacial score (nSPS) is 16.2. The van der Waals surface area contributed by atoms with Crippen molar-refractivity contribution in [3.05, 3.63) is 36.0 Å². The zero-order valence-corrected chi connectivity index (χ0v) is 21.7. The van der Waals surface area contributed by atoms with Crippen LogP contribution in [-0.4, -0.2) is 92.4 Å². The predicted molar refractivity (Wildman–Crippen MR) is 140 cm³/mol. The number of para-hydroxylation sites is 1. The van der Waals surface area contributed by atoms with Gasteiger partial charge in [0.05, 0.1) is 12.2 Å². The van der Waals surface area contributed by atoms with Crippen LogP contribution in [0.3, 0.4) is 0 Å². The topological polar surface area (TPSA) is 207 Å². The molecule has 1 aromatic heterocycles. The molecule has 9 N–H and O–H groups in total. The second-order valence-electron chi connectivity index (χ2n) is 8.80. The number of H-pyrrole nitrogens is 1. The molecule has 13 heteroatoms. The average Bonchev–Trinajstić information content (AvgIpc) is 3.25. The van der Waals surface area contributed by atoms with Crippen LogP contribution in [0.4, 0.5) is 0 Å². The van der Waals surface area contributed by atoms with Crippen LogP contribution < -0.4 is 21.7 Å². The van der Waals surface area contributed by atoms with Crippen LogP contribution in [0.1, 0.15) is 25.8 Å². The first-order valence-electron chi connectivity index (χ1n) is 11.8. The van der Waals surface area contributed by atoms with Crippen LogP contribution >= 0.6 is 11.8 Å². The molecule has 3 amide bonds. The first-order valence-corrected chi connectivity index (χ1v) is 13.1. The molecule has 0 fully saturated rings. The van der Waals surface area contributed by atoms with Crippen LogP contribution in [0.15, 0.2) is 30.5 Å². The van der Waals surface area contributed by atoms with Crippen molar-refractivity contribution in [1.29, 1.82) is 0 Å². The fraction of sp³-hybridized carbons (Fsp3) is 0.500. The van der Waals surface area contributed by atoms with Crippen LogP contribution in [-0.2, 0) is 25.6 Å². The second-order valence-corrected chi connectivity index (χ2v) is 9.78. The second kappa shape index (κ2) is 14.0. The van der Waals surface area contributed by atoms with Gasteiger partial charge in [0.2, 0.25) is 17.7 Å². The largest absolute Gasteiger partial charge is 0.480 e. The first-order chi connectivity index (χ1) is 17.5. The highest BCUT2D eigenvalue weighted by atomic mass is 32.2. The van der Waals surface area contributed by atoms with E-state index in [9.17, 15) is 34.5 Å². The molecule has 0 spiro atoms. The Morgan fingerprint density at radius 2 is 1.59 bits per heavy atom. The van der Waals surface area contributed by atoms with Crippen LogP contribution in [0.2, 0.25) is 0 Å². The Morgan fingerprint density at radius 3 is 2.19 bits per heavy atom. The molecule has 0 saturated carbocycles. The highest BCUT2D eigenvalue weighted by Gasteiger charge is 2.32. The average molecular weight is 538 g/mol. The molecule has 0 aliphatic heterocycles. The number of carbonyl (C=O) groups excluding carboxylic acids is 3. The number of benzene rings is 1. The molecule has 1 aromatic carbocycles. The fourth-order valence-electron chi connectivity index (χ4n) is 3.64. The Labute approximate surface area is 218 Å². The Bertz CT molecular complexity index is 1090. The number of hydrogen-bond acceptors (Lipinski definition) is 8. The summed E-state index contributed by atoms with van der Waals surface area (Å²) in [6, 6.07) is 2.27. The van der Waals surface area contributed by atoms with Crippen LogP contribution in [0, 0.1) is 0 Å². The van der Waals surface area contributed by atoms with Gasteiger partial charge in [-0.2, -0.15) is 11.8 Å². The highest BCUT2D eigenvalue weighted by molar-refractivity contribution is 7.98. The number of nitrogens with two attached hydrogens (primary N) is 1. The number of carbonyl (C=O) groups is 4. The van der Waals surface area contributed by atoms with Crippen molar-refractivity contribution in [3.63, 3.8) is 0 Å². The lowest BCUT2D eigenvalue weighted by Gasteiger charge is -2.26. The number of fused-ring (bicyclic) bond motifs is 1. The quantitative estimate of drug-likeness (QED) is 0.150. The number of carboxylic acids is 1. The molecule has 1 heterocycles. The van der Waals surface area contributed by atoms with Gasteiger partial charge in [0.15, 0.2) is 6.04 Å². The number of rotatable bonds is 14. The Balaban J connectivity index is 2.30. The molecule has 6 unspecified atom stereocenters. The molecule has 37 heavy (non-hydrogen) atoms. The van der Waals surface area contributed by atoms with Gasteiger partial charge >= 0.3 is 5.97 Å². The monoisotopic (exact) mass is 537 g/mol. The number of carboxylic acid groups (broad SMARTS) is 1. The molecule has 2 aromatic rings. The van der Waals surface area contributed by atoms with E-state index in [-0.39, 0.29) is 12.8 Å². The fourth-order valence-corrected chi connectivity index (χ4v) is 4.11. The number of aromatic amines is 1. The first kappa shape index (κ1) is 30.1. The molecular weight excluding hydrogens is 502 g/mol. The van der Waals surface area contributed by atoms with Gasteiger partial charge < -0.3 is 42.0 Å². The van der Waals surface area contributed by atoms with Crippen LogP contribution in [0.5, 0.6) is 0 Å². The van der Waals surface area contributed by atoms with Crippen molar-refractivity contribution in [2.75, 3.05) is 12.0 Å². The maximum atomic E-state index is 13.4. The van der Waals surface area contributed by atoms with Crippen molar-refractivity contribution in [2.24, 2.45) is 5.73 Å². The van der Waals surface area contributed by atoms with Gasteiger partial charge in [0.1, 0.15) is 18.1 Å². The number of hydrogen-bond donors (Lipinski definition) is 8. The van der Waals surface area contributed by atoms with Crippen molar-refractivity contribution in [2.45, 2.75) is 63.1 Å². The van der Waals surface area contributed by atoms with Gasteiger partial charge in [0.25, 0.3) is 0 Å². The molecule has 2 rings (SSSR count). The molecule has 0 saturated heterocycles. The van der Waals surface area contributed by atoms with Crippen molar-refractivity contribution >= 4 is 46.4 Å². The summed E-state index contributed by atoms with van der Waals surface area (Å²) in [6.07, 6.45) is 1.22. The van der Waals surface area contributed by atoms with Crippen molar-refractivity contribution < 1.29 is 34.5 Å². The molecule has 6 atom stereocenters. The summed E-state index contributed by atoms with van der Waals surface area (Å²) in [5, 5.41) is 37.0. The van der Waals surface area contributed by atoms with Crippen molar-refractivity contribution in [3.8, 4) is 0 Å². The summed E-state index contributed by atoms with van der Waals surface area (Å²) in [4.78, 5) is 53.4. The smallest absolute Gasteiger partial charge is 0.328 e. The standard InChI is InChI=1S/C24H35N5O7S/c1-12(30)19(25)23(34)28-18(10-14-11-26-16-7-5-4-6-15(14)16)22(33)27-17(8-9-37-3)21(32)29-20(13(2)31)24(35)36/h4-7,11-13,17-20,26,30-31H,8-10,25H2,1-3H3,(H,27,33)(H,28,34)(H,29,32)(H,35,36). The molecule has 0 aliphatic rings. The zero-order valence-electron chi connectivity index (χ0n) is 20.9. The number of thioether (sulfide) groups is 1. The van der Waals surface area contributed by atoms with E-state index in [1.807, 2.05) is 30.5 Å². The highest BCUT2D eigenvalue weighted by Crippen LogP contribution is 2.19. The van der Waals surface area contributed by atoms with E-state index >= 15 is 0 Å². The molecule has 204 valence electrons. The summed E-state index contributed by atoms with van der Waals surface area (Å²) < 4.78 is 0. The lowest BCUT2D eigenvalue weighted by atomic mass is 10.0. The van der Waals surface area contributed by atoms with Gasteiger partial charge in [-0.15, -0.1) is 0 Å². The Kier molecular flexibility index (Phi) is 11.4. The van der Waals surface area contributed by atoms with E-state index in [2.05, 4.69) is 20.9 Å². The number of nitrogens with one attached hydrogen (secondary N) is 4. The maximum absolute atomic E-state index is 13.4. The van der Waals surface area contributed by atoms with Gasteiger partial charge in [-0.3, -0.25) is 14.4 Å². The third-order valence-corrected chi connectivity index (χ3v) is 6.49. The third-order valence-electron chi connectivity index (χ3n) is 5.84.